The standard InChI is InChI=1S/C16H7F26NO6S2/c1-2-49-4(44)3-43(50(45,46)15(39,40)11(29,30)7(21,22)5(17,18)9(25,26)13(33,34)35)51(47,48)16(41,42)12(31,32)8(23,24)6(19,20)10(27,28)14(36,37)38/h2-3H2,1H3. The van der Waals surface area contributed by atoms with Gasteiger partial charge in [0.15, 0.2) is 0 Å². The Hall–Kier alpha value is -2.49. The van der Waals surface area contributed by atoms with E-state index in [2.05, 4.69) is 4.74 Å². The molecule has 0 fully saturated rings. The Bertz CT molecular complexity index is 1420. The van der Waals surface area contributed by atoms with Gasteiger partial charge in [0.1, 0.15) is 6.54 Å². The van der Waals surface area contributed by atoms with Crippen LogP contribution in [-0.4, -0.2) is 110 Å². The number of nitrogens with zero attached hydrogens (tertiary/aromatic N) is 1. The number of sulfonamides is 2. The fraction of sp³-hybridized carbons (Fsp3) is 0.938. The van der Waals surface area contributed by atoms with Crippen LogP contribution in [0.5, 0.6) is 0 Å². The average Bonchev–Trinajstić information content (AvgIpc) is 2.89. The molecule has 0 heterocycles. The molecule has 0 unspecified atom stereocenters. The Balaban J connectivity index is 8.09. The number of hydrogen-bond acceptors (Lipinski definition) is 6. The smallest absolute Gasteiger partial charge is 0.460 e. The van der Waals surface area contributed by atoms with Crippen molar-refractivity contribution in [3.8, 4) is 0 Å². The summed E-state index contributed by atoms with van der Waals surface area (Å²) < 4.78 is 396. The highest BCUT2D eigenvalue weighted by atomic mass is 32.3. The molecule has 7 nitrogen and oxygen atoms in total. The summed E-state index contributed by atoms with van der Waals surface area (Å²) in [5.74, 6) is -76.1. The van der Waals surface area contributed by atoms with Crippen LogP contribution >= 0.6 is 0 Å². The predicted molar refractivity (Wildman–Crippen MR) is 103 cm³/mol. The minimum absolute atomic E-state index is 0.393. The maximum Gasteiger partial charge on any atom is 0.460 e. The lowest BCUT2D eigenvalue weighted by atomic mass is 9.98. The lowest BCUT2D eigenvalue weighted by molar-refractivity contribution is -0.433. The van der Waals surface area contributed by atoms with Crippen molar-refractivity contribution in [2.45, 2.75) is 77.2 Å². The molecule has 0 saturated carbocycles. The number of hydrogen-bond donors (Lipinski definition) is 0. The molecular weight excluding hydrogens is 860 g/mol. The molecular formula is C16H7F26NO6S2. The second-order valence-corrected chi connectivity index (χ2v) is 12.9. The zero-order valence-electron chi connectivity index (χ0n) is 22.5. The highest BCUT2D eigenvalue weighted by molar-refractivity contribution is 8.05. The van der Waals surface area contributed by atoms with E-state index in [-0.39, 0.29) is 0 Å². The van der Waals surface area contributed by atoms with E-state index in [1.165, 1.54) is 0 Å². The van der Waals surface area contributed by atoms with Gasteiger partial charge >= 0.3 is 76.2 Å². The summed E-state index contributed by atoms with van der Waals surface area (Å²) in [7, 11) is -19.6. The molecule has 0 atom stereocenters. The van der Waals surface area contributed by atoms with Crippen molar-refractivity contribution < 1.29 is 141 Å². The second-order valence-electron chi connectivity index (χ2n) is 8.87. The Morgan fingerprint density at radius 3 is 0.843 bits per heavy atom. The molecule has 0 aliphatic heterocycles. The third-order valence-electron chi connectivity index (χ3n) is 5.56. The summed E-state index contributed by atoms with van der Waals surface area (Å²) in [5.41, 5.74) is 0. The van der Waals surface area contributed by atoms with Crippen molar-refractivity contribution in [2.24, 2.45) is 0 Å². The molecule has 0 amide bonds. The molecule has 0 N–H and O–H groups in total. The van der Waals surface area contributed by atoms with Gasteiger partial charge in [-0.05, 0) is 6.92 Å². The zero-order valence-corrected chi connectivity index (χ0v) is 24.1. The normalized spacial score (nSPS) is 16.5. The molecule has 0 aliphatic rings. The van der Waals surface area contributed by atoms with Crippen molar-refractivity contribution in [2.75, 3.05) is 13.2 Å². The van der Waals surface area contributed by atoms with Crippen LogP contribution in [0.15, 0.2) is 0 Å². The van der Waals surface area contributed by atoms with Gasteiger partial charge in [-0.2, -0.15) is 114 Å². The van der Waals surface area contributed by atoms with Gasteiger partial charge in [-0.3, -0.25) is 4.79 Å². The van der Waals surface area contributed by atoms with Gasteiger partial charge in [0.2, 0.25) is 0 Å². The van der Waals surface area contributed by atoms with Gasteiger partial charge in [0.25, 0.3) is 20.0 Å². The Morgan fingerprint density at radius 1 is 0.431 bits per heavy atom. The number of halogens is 26. The number of ether oxygens (including phenoxy) is 1. The Kier molecular flexibility index (Phi) is 11.9. The third-order valence-corrected chi connectivity index (χ3v) is 9.87. The summed E-state index contributed by atoms with van der Waals surface area (Å²) >= 11 is 0. The van der Waals surface area contributed by atoms with E-state index in [0.717, 1.165) is 0 Å². The molecule has 0 radical (unpaired) electrons. The molecule has 306 valence electrons. The maximum absolute atomic E-state index is 14.4. The van der Waals surface area contributed by atoms with Crippen molar-refractivity contribution in [3.05, 3.63) is 0 Å². The molecule has 0 rings (SSSR count). The van der Waals surface area contributed by atoms with Crippen molar-refractivity contribution in [1.29, 1.82) is 0 Å². The largest absolute Gasteiger partial charge is 0.465 e. The van der Waals surface area contributed by atoms with Crippen LogP contribution in [0.25, 0.3) is 0 Å². The number of rotatable bonds is 15. The fourth-order valence-corrected chi connectivity index (χ4v) is 6.26. The van der Waals surface area contributed by atoms with Crippen molar-refractivity contribution in [1.82, 2.24) is 3.71 Å². The number of alkyl halides is 26. The predicted octanol–water partition coefficient (Wildman–Crippen LogP) is 6.90. The summed E-state index contributed by atoms with van der Waals surface area (Å²) in [6, 6.07) is 0. The van der Waals surface area contributed by atoms with Gasteiger partial charge < -0.3 is 4.74 Å². The van der Waals surface area contributed by atoms with Crippen LogP contribution < -0.4 is 0 Å². The van der Waals surface area contributed by atoms with Gasteiger partial charge in [-0.15, -0.1) is 0 Å². The van der Waals surface area contributed by atoms with Gasteiger partial charge in [-0.25, -0.2) is 16.8 Å². The molecule has 0 saturated heterocycles. The van der Waals surface area contributed by atoms with Crippen LogP contribution in [0.2, 0.25) is 0 Å². The van der Waals surface area contributed by atoms with Gasteiger partial charge in [0, 0.05) is 0 Å². The van der Waals surface area contributed by atoms with Gasteiger partial charge in [0.05, 0.1) is 6.61 Å². The first-order chi connectivity index (χ1) is 21.6. The van der Waals surface area contributed by atoms with Crippen LogP contribution in [0.4, 0.5) is 114 Å². The summed E-state index contributed by atoms with van der Waals surface area (Å²) in [6.07, 6.45) is -16.4. The Morgan fingerprint density at radius 2 is 0.647 bits per heavy atom. The topological polar surface area (TPSA) is 97.8 Å². The lowest BCUT2D eigenvalue weighted by Crippen LogP contribution is -2.74. The molecule has 0 aromatic heterocycles. The van der Waals surface area contributed by atoms with Crippen molar-refractivity contribution in [3.63, 3.8) is 0 Å². The Labute approximate surface area is 261 Å². The van der Waals surface area contributed by atoms with E-state index in [9.17, 15) is 136 Å². The van der Waals surface area contributed by atoms with E-state index in [1.807, 2.05) is 0 Å². The quantitative estimate of drug-likeness (QED) is 0.131. The van der Waals surface area contributed by atoms with E-state index < -0.39 is 113 Å². The first kappa shape index (κ1) is 48.5. The van der Waals surface area contributed by atoms with E-state index >= 15 is 0 Å². The average molecular weight is 867 g/mol. The SMILES string of the molecule is CCOC(=O)CN(S(=O)(=O)C(F)(F)C(F)(F)C(F)(F)C(F)(F)C(F)(F)C(F)(F)F)S(=O)(=O)C(F)(F)C(F)(F)C(F)(F)C(F)(F)C(F)(F)C(F)(F)F. The van der Waals surface area contributed by atoms with Crippen LogP contribution in [0.1, 0.15) is 6.92 Å². The molecule has 0 bridgehead atoms. The summed E-state index contributed by atoms with van der Waals surface area (Å²) in [4.78, 5) is 11.5. The minimum Gasteiger partial charge on any atom is -0.465 e. The monoisotopic (exact) mass is 867 g/mol. The van der Waals surface area contributed by atoms with E-state index in [1.54, 1.807) is 0 Å². The zero-order chi connectivity index (χ0) is 42.3. The molecule has 0 spiro atoms. The van der Waals surface area contributed by atoms with Gasteiger partial charge in [-0.1, -0.05) is 3.71 Å². The van der Waals surface area contributed by atoms with Crippen LogP contribution in [0, 0.1) is 0 Å². The van der Waals surface area contributed by atoms with Crippen molar-refractivity contribution >= 4 is 26.0 Å². The first-order valence-electron chi connectivity index (χ1n) is 10.9. The molecule has 0 aromatic rings. The molecule has 0 aromatic carbocycles. The van der Waals surface area contributed by atoms with Crippen LogP contribution in [-0.2, 0) is 29.6 Å². The lowest BCUT2D eigenvalue weighted by Gasteiger charge is -2.41. The molecule has 51 heavy (non-hydrogen) atoms. The highest BCUT2D eigenvalue weighted by Gasteiger charge is 2.95. The maximum atomic E-state index is 14.4. The summed E-state index contributed by atoms with van der Waals surface area (Å²) in [5, 5.41) is -18.2. The molecule has 35 heteroatoms. The van der Waals surface area contributed by atoms with E-state index in [0.29, 0.717) is 6.92 Å². The second kappa shape index (κ2) is 12.5. The fourth-order valence-electron chi connectivity index (χ4n) is 2.70. The number of carbonyl (C=O) groups excluding carboxylic acids is 1. The third kappa shape index (κ3) is 6.35. The first-order valence-corrected chi connectivity index (χ1v) is 13.8. The van der Waals surface area contributed by atoms with E-state index in [4.69, 9.17) is 0 Å². The number of esters is 1. The summed E-state index contributed by atoms with van der Waals surface area (Å²) in [6.45, 7) is -5.19. The molecule has 0 aliphatic carbocycles. The highest BCUT2D eigenvalue weighted by Crippen LogP contribution is 2.64. The number of carbonyl (C=O) groups is 1. The minimum atomic E-state index is -9.78. The van der Waals surface area contributed by atoms with Crippen LogP contribution in [0.3, 0.4) is 0 Å².